The third-order valence-electron chi connectivity index (χ3n) is 15.6. The fourth-order valence-electron chi connectivity index (χ4n) is 10.1. The molecule has 0 aliphatic heterocycles. The largest absolute Gasteiger partial charge is 2.00 e. The number of rotatable bonds is 54. The monoisotopic (exact) mass is 1260 g/mol. The summed E-state index contributed by atoms with van der Waals surface area (Å²) in [7, 11) is -9.58. The molecular formula is C68H114CaO14S2. The van der Waals surface area contributed by atoms with E-state index in [0.29, 0.717) is 0 Å². The summed E-state index contributed by atoms with van der Waals surface area (Å²) < 4.78 is 86.1. The van der Waals surface area contributed by atoms with Gasteiger partial charge < -0.3 is 28.1 Å². The standard InChI is InChI=1S/2C34H58O7S.Ca/c2*1-3-4-5-6-7-8-9-10-11-12-13-14-15-16-17-18-19-20-21-22-23-26-29-40-33(35)31-27-24-25-28-32(31)34(36)41-30(2)42(37,38)39;/h2*24-25,27-28,30H,3-23,26,29H2,1-2H3,(H,37,38,39);/q;;+2/p-2. The molecule has 85 heavy (non-hydrogen) atoms. The van der Waals surface area contributed by atoms with Crippen molar-refractivity contribution in [2.45, 2.75) is 321 Å². The summed E-state index contributed by atoms with van der Waals surface area (Å²) in [6, 6.07) is 11.7. The minimum atomic E-state index is -4.79. The zero-order chi connectivity index (χ0) is 61.8. The third-order valence-corrected chi connectivity index (χ3v) is 17.4. The second-order valence-corrected chi connectivity index (χ2v) is 26.4. The predicted molar refractivity (Wildman–Crippen MR) is 343 cm³/mol. The third kappa shape index (κ3) is 46.2. The summed E-state index contributed by atoms with van der Waals surface area (Å²) in [6.07, 6.45) is 57.7. The summed E-state index contributed by atoms with van der Waals surface area (Å²) in [4.78, 5) is 49.5. The molecule has 0 spiro atoms. The Labute approximate surface area is 546 Å². The van der Waals surface area contributed by atoms with Crippen LogP contribution in [0.25, 0.3) is 0 Å². The SMILES string of the molecule is CCCCCCCCCCCCCCCCCCCCCCCCOC(=O)c1ccccc1C(=O)OC(C)S(=O)(=O)[O-].CCCCCCCCCCCCCCCCCCCCCCCCOC(=O)c1ccccc1C(=O)OC(C)S(=O)(=O)[O-].[Ca+2]. The molecule has 0 bridgehead atoms. The molecule has 0 heterocycles. The van der Waals surface area contributed by atoms with Gasteiger partial charge in [0.2, 0.25) is 0 Å². The topological polar surface area (TPSA) is 220 Å². The summed E-state index contributed by atoms with van der Waals surface area (Å²) in [5.41, 5.74) is -4.00. The second-order valence-electron chi connectivity index (χ2n) is 23.1. The zero-order valence-corrected chi connectivity index (χ0v) is 57.4. The Kier molecular flexibility index (Phi) is 53.8. The Morgan fingerprint density at radius 2 is 0.482 bits per heavy atom. The van der Waals surface area contributed by atoms with Crippen LogP contribution in [0.15, 0.2) is 48.5 Å². The van der Waals surface area contributed by atoms with E-state index < -0.39 is 55.0 Å². The molecule has 0 aliphatic rings. The van der Waals surface area contributed by atoms with Gasteiger partial charge in [-0.2, -0.15) is 0 Å². The predicted octanol–water partition coefficient (Wildman–Crippen LogP) is 18.6. The molecule has 14 nitrogen and oxygen atoms in total. The fraction of sp³-hybridized carbons (Fsp3) is 0.765. The van der Waals surface area contributed by atoms with Crippen molar-refractivity contribution in [1.29, 1.82) is 0 Å². The first-order valence-electron chi connectivity index (χ1n) is 33.4. The van der Waals surface area contributed by atoms with Crippen molar-refractivity contribution in [1.82, 2.24) is 0 Å². The number of hydrogen-bond acceptors (Lipinski definition) is 14. The summed E-state index contributed by atoms with van der Waals surface area (Å²) in [5.74, 6) is -3.47. The molecule has 2 unspecified atom stereocenters. The molecule has 2 aromatic rings. The molecule has 0 aromatic heterocycles. The first-order valence-corrected chi connectivity index (χ1v) is 36.3. The van der Waals surface area contributed by atoms with Crippen LogP contribution in [0.2, 0.25) is 0 Å². The van der Waals surface area contributed by atoms with Crippen LogP contribution in [-0.4, -0.2) is 112 Å². The minimum Gasteiger partial charge on any atom is -0.745 e. The maximum absolute atomic E-state index is 12.5. The molecule has 0 N–H and O–H groups in total. The van der Waals surface area contributed by atoms with Crippen molar-refractivity contribution in [3.05, 3.63) is 70.8 Å². The number of hydrogen-bond donors (Lipinski definition) is 0. The number of carbonyl (C=O) groups excluding carboxylic acids is 4. The van der Waals surface area contributed by atoms with Crippen molar-refractivity contribution >= 4 is 81.9 Å². The van der Waals surface area contributed by atoms with Gasteiger partial charge in [0.05, 0.1) is 35.5 Å². The fourth-order valence-corrected chi connectivity index (χ4v) is 10.5. The number of ether oxygens (including phenoxy) is 4. The van der Waals surface area contributed by atoms with Crippen LogP contribution < -0.4 is 0 Å². The van der Waals surface area contributed by atoms with E-state index in [4.69, 9.17) is 18.9 Å². The zero-order valence-electron chi connectivity index (χ0n) is 53.5. The van der Waals surface area contributed by atoms with E-state index >= 15 is 0 Å². The van der Waals surface area contributed by atoms with E-state index in [1.165, 1.54) is 280 Å². The average molecular weight is 1260 g/mol. The van der Waals surface area contributed by atoms with Gasteiger partial charge in [0.25, 0.3) is 0 Å². The van der Waals surface area contributed by atoms with E-state index in [9.17, 15) is 45.1 Å². The van der Waals surface area contributed by atoms with Gasteiger partial charge in [-0.05, 0) is 51.0 Å². The Hall–Kier alpha value is -2.60. The normalized spacial score (nSPS) is 12.1. The van der Waals surface area contributed by atoms with E-state index in [-0.39, 0.29) is 73.2 Å². The molecule has 2 rings (SSSR count). The quantitative estimate of drug-likeness (QED) is 0.0198. The molecule has 17 heteroatoms. The first-order chi connectivity index (χ1) is 40.5. The number of benzene rings is 2. The second kappa shape index (κ2) is 55.5. The molecule has 0 aliphatic carbocycles. The summed E-state index contributed by atoms with van der Waals surface area (Å²) in [6.45, 7) is 6.98. The Morgan fingerprint density at radius 1 is 0.318 bits per heavy atom. The van der Waals surface area contributed by atoms with Gasteiger partial charge in [-0.3, -0.25) is 0 Å². The maximum Gasteiger partial charge on any atom is 2.00 e. The van der Waals surface area contributed by atoms with Crippen LogP contribution in [0.4, 0.5) is 0 Å². The molecule has 0 radical (unpaired) electrons. The molecule has 0 saturated carbocycles. The molecule has 2 atom stereocenters. The summed E-state index contributed by atoms with van der Waals surface area (Å²) in [5, 5.41) is 0. The van der Waals surface area contributed by atoms with Gasteiger partial charge in [-0.25, -0.2) is 36.0 Å². The Balaban J connectivity index is 0.00000164. The number of carbonyl (C=O) groups is 4. The van der Waals surface area contributed by atoms with Gasteiger partial charge in [0.1, 0.15) is 20.2 Å². The van der Waals surface area contributed by atoms with Crippen molar-refractivity contribution in [3.63, 3.8) is 0 Å². The van der Waals surface area contributed by atoms with Crippen molar-refractivity contribution < 1.29 is 64.1 Å². The smallest absolute Gasteiger partial charge is 0.745 e. The molecular weight excluding hydrogens is 1140 g/mol. The molecule has 0 fully saturated rings. The van der Waals surface area contributed by atoms with Gasteiger partial charge in [0, 0.05) is 0 Å². The molecule has 2 aromatic carbocycles. The van der Waals surface area contributed by atoms with Crippen LogP contribution in [0.3, 0.4) is 0 Å². The van der Waals surface area contributed by atoms with Crippen molar-refractivity contribution in [2.24, 2.45) is 0 Å². The minimum absolute atomic E-state index is 0. The Morgan fingerprint density at radius 3 is 0.659 bits per heavy atom. The van der Waals surface area contributed by atoms with E-state index in [1.807, 2.05) is 0 Å². The first kappa shape index (κ1) is 82.4. The van der Waals surface area contributed by atoms with Gasteiger partial charge in [-0.1, -0.05) is 308 Å². The van der Waals surface area contributed by atoms with Crippen LogP contribution in [0, 0.1) is 0 Å². The van der Waals surface area contributed by atoms with E-state index in [0.717, 1.165) is 52.4 Å². The Bertz CT molecular complexity index is 2050. The van der Waals surface area contributed by atoms with E-state index in [2.05, 4.69) is 13.8 Å². The van der Waals surface area contributed by atoms with Crippen molar-refractivity contribution in [2.75, 3.05) is 13.2 Å². The van der Waals surface area contributed by atoms with Crippen LogP contribution >= 0.6 is 0 Å². The van der Waals surface area contributed by atoms with Crippen molar-refractivity contribution in [3.8, 4) is 0 Å². The molecule has 484 valence electrons. The van der Waals surface area contributed by atoms with Crippen LogP contribution in [0.1, 0.15) is 352 Å². The number of esters is 4. The number of unbranched alkanes of at least 4 members (excludes halogenated alkanes) is 42. The average Bonchev–Trinajstić information content (AvgIpc) is 3.66. The van der Waals surface area contributed by atoms with Crippen LogP contribution in [-0.2, 0) is 39.2 Å². The van der Waals surface area contributed by atoms with E-state index in [1.54, 1.807) is 12.1 Å². The van der Waals surface area contributed by atoms with Gasteiger partial charge in [0.15, 0.2) is 10.9 Å². The van der Waals surface area contributed by atoms with Gasteiger partial charge >= 0.3 is 61.6 Å². The summed E-state index contributed by atoms with van der Waals surface area (Å²) >= 11 is 0. The van der Waals surface area contributed by atoms with Gasteiger partial charge in [-0.15, -0.1) is 0 Å². The van der Waals surface area contributed by atoms with Crippen LogP contribution in [0.5, 0.6) is 0 Å². The molecule has 0 saturated heterocycles. The molecule has 0 amide bonds. The maximum atomic E-state index is 12.5.